The molecule has 1 fully saturated rings. The molecule has 1 aliphatic carbocycles. The van der Waals surface area contributed by atoms with Gasteiger partial charge in [0.2, 0.25) is 0 Å². The smallest absolute Gasteiger partial charge is 0.0663 e. The van der Waals surface area contributed by atoms with Crippen LogP contribution in [-0.4, -0.2) is 12.7 Å². The van der Waals surface area contributed by atoms with E-state index in [4.69, 9.17) is 10.5 Å². The summed E-state index contributed by atoms with van der Waals surface area (Å²) in [4.78, 5) is 0. The highest BCUT2D eigenvalue weighted by Gasteiger charge is 2.16. The van der Waals surface area contributed by atoms with Crippen molar-refractivity contribution in [3.63, 3.8) is 0 Å². The Morgan fingerprint density at radius 1 is 1.22 bits per heavy atom. The summed E-state index contributed by atoms with van der Waals surface area (Å²) in [5, 5.41) is 0. The van der Waals surface area contributed by atoms with Gasteiger partial charge in [-0.1, -0.05) is 43.0 Å². The van der Waals surface area contributed by atoms with Gasteiger partial charge in [0.25, 0.3) is 0 Å². The molecule has 2 nitrogen and oxygen atoms in total. The predicted molar refractivity (Wildman–Crippen MR) is 75.7 cm³/mol. The fourth-order valence-corrected chi connectivity index (χ4v) is 2.72. The first kappa shape index (κ1) is 13.6. The molecule has 1 aromatic carbocycles. The number of aryl methyl sites for hydroxylation is 2. The Balaban J connectivity index is 1.90. The molecule has 0 bridgehead atoms. The number of rotatable bonds is 4. The second-order valence-electron chi connectivity index (χ2n) is 5.56. The van der Waals surface area contributed by atoms with Crippen LogP contribution in [0.2, 0.25) is 0 Å². The molecule has 2 rings (SSSR count). The zero-order chi connectivity index (χ0) is 13.0. The summed E-state index contributed by atoms with van der Waals surface area (Å²) < 4.78 is 5.97. The summed E-state index contributed by atoms with van der Waals surface area (Å²) in [5.74, 6) is 0. The summed E-state index contributed by atoms with van der Waals surface area (Å²) in [6.45, 7) is 4.88. The van der Waals surface area contributed by atoms with Crippen LogP contribution in [0.5, 0.6) is 0 Å². The minimum atomic E-state index is 0.00632. The summed E-state index contributed by atoms with van der Waals surface area (Å²) in [7, 11) is 0. The zero-order valence-electron chi connectivity index (χ0n) is 11.6. The summed E-state index contributed by atoms with van der Waals surface area (Å²) in [5.41, 5.74) is 10.0. The predicted octanol–water partition coefficient (Wildman–Crippen LogP) is 3.65. The molecule has 0 radical (unpaired) electrons. The van der Waals surface area contributed by atoms with E-state index in [0.29, 0.717) is 12.7 Å². The topological polar surface area (TPSA) is 35.2 Å². The van der Waals surface area contributed by atoms with Crippen LogP contribution in [0.1, 0.15) is 54.8 Å². The molecule has 0 aromatic heterocycles. The van der Waals surface area contributed by atoms with Crippen molar-refractivity contribution >= 4 is 0 Å². The summed E-state index contributed by atoms with van der Waals surface area (Å²) in [6, 6.07) is 6.47. The molecule has 1 aliphatic rings. The van der Waals surface area contributed by atoms with Crippen LogP contribution in [0.25, 0.3) is 0 Å². The average molecular weight is 247 g/mol. The van der Waals surface area contributed by atoms with Gasteiger partial charge in [0.1, 0.15) is 0 Å². The van der Waals surface area contributed by atoms with Crippen molar-refractivity contribution in [3.8, 4) is 0 Å². The molecule has 1 unspecified atom stereocenters. The highest BCUT2D eigenvalue weighted by Crippen LogP contribution is 2.23. The zero-order valence-corrected chi connectivity index (χ0v) is 11.6. The number of nitrogens with two attached hydrogens (primary N) is 1. The molecular weight excluding hydrogens is 222 g/mol. The third-order valence-corrected chi connectivity index (χ3v) is 3.90. The molecular formula is C16H25NO. The van der Waals surface area contributed by atoms with E-state index in [-0.39, 0.29) is 6.04 Å². The Morgan fingerprint density at radius 2 is 1.94 bits per heavy atom. The number of hydrogen-bond donors (Lipinski definition) is 1. The van der Waals surface area contributed by atoms with Crippen LogP contribution >= 0.6 is 0 Å². The van der Waals surface area contributed by atoms with Crippen molar-refractivity contribution in [2.75, 3.05) is 6.61 Å². The Kier molecular flexibility index (Phi) is 4.79. The van der Waals surface area contributed by atoms with Crippen LogP contribution < -0.4 is 5.73 Å². The lowest BCUT2D eigenvalue weighted by atomic mass is 9.97. The lowest BCUT2D eigenvalue weighted by Crippen LogP contribution is -2.24. The van der Waals surface area contributed by atoms with Gasteiger partial charge in [0.05, 0.1) is 18.8 Å². The van der Waals surface area contributed by atoms with Crippen molar-refractivity contribution in [2.45, 2.75) is 58.1 Å². The molecule has 0 spiro atoms. The van der Waals surface area contributed by atoms with E-state index < -0.39 is 0 Å². The van der Waals surface area contributed by atoms with Gasteiger partial charge in [-0.2, -0.15) is 0 Å². The lowest BCUT2D eigenvalue weighted by molar-refractivity contribution is 0.0205. The first-order chi connectivity index (χ1) is 8.66. The van der Waals surface area contributed by atoms with Gasteiger partial charge >= 0.3 is 0 Å². The Hall–Kier alpha value is -0.860. The van der Waals surface area contributed by atoms with Crippen LogP contribution in [0, 0.1) is 13.8 Å². The maximum atomic E-state index is 6.26. The maximum absolute atomic E-state index is 6.26. The van der Waals surface area contributed by atoms with E-state index in [1.807, 2.05) is 0 Å². The van der Waals surface area contributed by atoms with Gasteiger partial charge in [0.15, 0.2) is 0 Å². The van der Waals surface area contributed by atoms with Gasteiger partial charge in [-0.15, -0.1) is 0 Å². The summed E-state index contributed by atoms with van der Waals surface area (Å²) >= 11 is 0. The van der Waals surface area contributed by atoms with Crippen molar-refractivity contribution in [2.24, 2.45) is 5.73 Å². The normalized spacial score (nSPS) is 18.8. The van der Waals surface area contributed by atoms with Crippen molar-refractivity contribution < 1.29 is 4.74 Å². The maximum Gasteiger partial charge on any atom is 0.0663 e. The fraction of sp³-hybridized carbons (Fsp3) is 0.625. The molecule has 0 heterocycles. The third kappa shape index (κ3) is 3.56. The van der Waals surface area contributed by atoms with Crippen molar-refractivity contribution in [1.29, 1.82) is 0 Å². The SMILES string of the molecule is Cc1ccc(C)c(C(N)COC2CCCCC2)c1. The molecule has 1 atom stereocenters. The van der Waals surface area contributed by atoms with Crippen LogP contribution in [0.4, 0.5) is 0 Å². The second kappa shape index (κ2) is 6.35. The largest absolute Gasteiger partial charge is 0.376 e. The molecule has 2 N–H and O–H groups in total. The van der Waals surface area contributed by atoms with E-state index >= 15 is 0 Å². The van der Waals surface area contributed by atoms with Crippen LogP contribution in [-0.2, 0) is 4.74 Å². The molecule has 100 valence electrons. The lowest BCUT2D eigenvalue weighted by Gasteiger charge is -2.24. The number of benzene rings is 1. The van der Waals surface area contributed by atoms with Gasteiger partial charge < -0.3 is 10.5 Å². The first-order valence-electron chi connectivity index (χ1n) is 7.11. The molecule has 2 heteroatoms. The fourth-order valence-electron chi connectivity index (χ4n) is 2.72. The first-order valence-corrected chi connectivity index (χ1v) is 7.11. The van der Waals surface area contributed by atoms with E-state index in [2.05, 4.69) is 32.0 Å². The Bertz CT molecular complexity index is 383. The molecule has 18 heavy (non-hydrogen) atoms. The third-order valence-electron chi connectivity index (χ3n) is 3.90. The summed E-state index contributed by atoms with van der Waals surface area (Å²) in [6.07, 6.45) is 6.84. The molecule has 1 aromatic rings. The van der Waals surface area contributed by atoms with Crippen molar-refractivity contribution in [3.05, 3.63) is 34.9 Å². The molecule has 1 saturated carbocycles. The standard InChI is InChI=1S/C16H25NO/c1-12-8-9-13(2)15(10-12)16(17)11-18-14-6-4-3-5-7-14/h8-10,14,16H,3-7,11,17H2,1-2H3. The average Bonchev–Trinajstić information content (AvgIpc) is 2.40. The minimum Gasteiger partial charge on any atom is -0.376 e. The van der Waals surface area contributed by atoms with E-state index in [1.165, 1.54) is 48.8 Å². The van der Waals surface area contributed by atoms with Crippen molar-refractivity contribution in [1.82, 2.24) is 0 Å². The Labute approximate surface area is 111 Å². The van der Waals surface area contributed by atoms with Crippen LogP contribution in [0.3, 0.4) is 0 Å². The van der Waals surface area contributed by atoms with E-state index in [0.717, 1.165) is 0 Å². The highest BCUT2D eigenvalue weighted by atomic mass is 16.5. The highest BCUT2D eigenvalue weighted by molar-refractivity contribution is 5.32. The molecule has 0 aliphatic heterocycles. The van der Waals surface area contributed by atoms with E-state index in [9.17, 15) is 0 Å². The van der Waals surface area contributed by atoms with E-state index in [1.54, 1.807) is 0 Å². The van der Waals surface area contributed by atoms with Gasteiger partial charge in [-0.3, -0.25) is 0 Å². The minimum absolute atomic E-state index is 0.00632. The number of hydrogen-bond acceptors (Lipinski definition) is 2. The second-order valence-corrected chi connectivity index (χ2v) is 5.56. The molecule has 0 saturated heterocycles. The van der Waals surface area contributed by atoms with Crippen LogP contribution in [0.15, 0.2) is 18.2 Å². The molecule has 0 amide bonds. The Morgan fingerprint density at radius 3 is 2.67 bits per heavy atom. The number of ether oxygens (including phenoxy) is 1. The quantitative estimate of drug-likeness (QED) is 0.881. The van der Waals surface area contributed by atoms with Gasteiger partial charge in [0, 0.05) is 0 Å². The monoisotopic (exact) mass is 247 g/mol. The van der Waals surface area contributed by atoms with Gasteiger partial charge in [-0.05, 0) is 37.8 Å². The van der Waals surface area contributed by atoms with Gasteiger partial charge in [-0.25, -0.2) is 0 Å².